The fourth-order valence-electron chi connectivity index (χ4n) is 1.40. The third kappa shape index (κ3) is 3.84. The Morgan fingerprint density at radius 2 is 1.67 bits per heavy atom. The van der Waals surface area contributed by atoms with Gasteiger partial charge in [0.2, 0.25) is 0 Å². The standard InChI is InChI=1S/C13H15F3O2/c1-8-4-6-11(7-5-8)12(17)9(2)18-10(3)13(14,15)16/h4-7,9-10H,1-3H3. The monoisotopic (exact) mass is 260 g/mol. The number of hydrogen-bond acceptors (Lipinski definition) is 2. The second kappa shape index (κ2) is 5.52. The largest absolute Gasteiger partial charge is 0.414 e. The van der Waals surface area contributed by atoms with Crippen molar-refractivity contribution in [2.75, 3.05) is 0 Å². The zero-order chi connectivity index (χ0) is 13.9. The van der Waals surface area contributed by atoms with E-state index in [1.54, 1.807) is 24.3 Å². The molecule has 0 N–H and O–H groups in total. The highest BCUT2D eigenvalue weighted by Crippen LogP contribution is 2.24. The van der Waals surface area contributed by atoms with E-state index in [0.29, 0.717) is 5.56 Å². The van der Waals surface area contributed by atoms with Crippen LogP contribution in [0.1, 0.15) is 29.8 Å². The van der Waals surface area contributed by atoms with Crippen LogP contribution in [0, 0.1) is 6.92 Å². The Morgan fingerprint density at radius 3 is 2.11 bits per heavy atom. The molecule has 0 saturated carbocycles. The lowest BCUT2D eigenvalue weighted by Gasteiger charge is -2.20. The first-order chi connectivity index (χ1) is 8.21. The SMILES string of the molecule is Cc1ccc(C(=O)C(C)OC(C)C(F)(F)F)cc1. The second-order valence-electron chi connectivity index (χ2n) is 4.19. The molecule has 0 saturated heterocycles. The van der Waals surface area contributed by atoms with Crippen LogP contribution in [0.2, 0.25) is 0 Å². The average Bonchev–Trinajstić information content (AvgIpc) is 2.27. The highest BCUT2D eigenvalue weighted by atomic mass is 19.4. The summed E-state index contributed by atoms with van der Waals surface area (Å²) in [6.45, 7) is 4.07. The van der Waals surface area contributed by atoms with Gasteiger partial charge in [0.1, 0.15) is 6.10 Å². The first-order valence-corrected chi connectivity index (χ1v) is 5.55. The third-order valence-electron chi connectivity index (χ3n) is 2.57. The van der Waals surface area contributed by atoms with Crippen LogP contribution < -0.4 is 0 Å². The molecule has 2 nitrogen and oxygen atoms in total. The van der Waals surface area contributed by atoms with E-state index >= 15 is 0 Å². The van der Waals surface area contributed by atoms with E-state index in [2.05, 4.69) is 4.74 Å². The predicted octanol–water partition coefficient (Wildman–Crippen LogP) is 3.53. The van der Waals surface area contributed by atoms with Crippen LogP contribution in [0.5, 0.6) is 0 Å². The molecule has 18 heavy (non-hydrogen) atoms. The van der Waals surface area contributed by atoms with Gasteiger partial charge in [-0.3, -0.25) is 4.79 Å². The Hall–Kier alpha value is -1.36. The van der Waals surface area contributed by atoms with Gasteiger partial charge in [0, 0.05) is 5.56 Å². The lowest BCUT2D eigenvalue weighted by Crippen LogP contribution is -2.34. The molecular weight excluding hydrogens is 245 g/mol. The Balaban J connectivity index is 2.70. The number of benzene rings is 1. The molecule has 0 bridgehead atoms. The topological polar surface area (TPSA) is 26.3 Å². The fraction of sp³-hybridized carbons (Fsp3) is 0.462. The van der Waals surface area contributed by atoms with Gasteiger partial charge in [-0.25, -0.2) is 0 Å². The first kappa shape index (κ1) is 14.7. The van der Waals surface area contributed by atoms with Gasteiger partial charge >= 0.3 is 6.18 Å². The van der Waals surface area contributed by atoms with Crippen LogP contribution in [0.25, 0.3) is 0 Å². The summed E-state index contributed by atoms with van der Waals surface area (Å²) in [4.78, 5) is 11.8. The van der Waals surface area contributed by atoms with Crippen LogP contribution in [0.15, 0.2) is 24.3 Å². The molecule has 1 aromatic carbocycles. The maximum absolute atomic E-state index is 12.3. The molecule has 0 radical (unpaired) electrons. The van der Waals surface area contributed by atoms with Gasteiger partial charge in [0.15, 0.2) is 11.9 Å². The number of aryl methyl sites for hydroxylation is 1. The molecule has 0 spiro atoms. The average molecular weight is 260 g/mol. The lowest BCUT2D eigenvalue weighted by molar-refractivity contribution is -0.219. The predicted molar refractivity (Wildman–Crippen MR) is 61.6 cm³/mol. The van der Waals surface area contributed by atoms with Crippen LogP contribution in [-0.4, -0.2) is 24.2 Å². The minimum absolute atomic E-state index is 0.350. The molecule has 2 atom stereocenters. The van der Waals surface area contributed by atoms with Gasteiger partial charge in [-0.15, -0.1) is 0 Å². The van der Waals surface area contributed by atoms with Crippen LogP contribution in [-0.2, 0) is 4.74 Å². The Labute approximate surface area is 104 Å². The Morgan fingerprint density at radius 1 is 1.17 bits per heavy atom. The van der Waals surface area contributed by atoms with E-state index in [1.807, 2.05) is 6.92 Å². The molecular formula is C13H15F3O2. The summed E-state index contributed by atoms with van der Waals surface area (Å²) in [6, 6.07) is 6.62. The molecule has 5 heteroatoms. The van der Waals surface area contributed by atoms with Crippen molar-refractivity contribution in [1.29, 1.82) is 0 Å². The third-order valence-corrected chi connectivity index (χ3v) is 2.57. The Bertz CT molecular complexity index is 409. The molecule has 0 aliphatic rings. The van der Waals surface area contributed by atoms with Crippen molar-refractivity contribution in [2.24, 2.45) is 0 Å². The van der Waals surface area contributed by atoms with Crippen molar-refractivity contribution in [3.63, 3.8) is 0 Å². The number of rotatable bonds is 4. The van der Waals surface area contributed by atoms with Crippen LogP contribution in [0.4, 0.5) is 13.2 Å². The molecule has 1 aromatic rings. The van der Waals surface area contributed by atoms with E-state index < -0.39 is 24.2 Å². The summed E-state index contributed by atoms with van der Waals surface area (Å²) in [7, 11) is 0. The van der Waals surface area contributed by atoms with Crippen molar-refractivity contribution in [2.45, 2.75) is 39.2 Å². The van der Waals surface area contributed by atoms with Crippen molar-refractivity contribution >= 4 is 5.78 Å². The van der Waals surface area contributed by atoms with Gasteiger partial charge in [0.05, 0.1) is 0 Å². The van der Waals surface area contributed by atoms with E-state index in [-0.39, 0.29) is 0 Å². The summed E-state index contributed by atoms with van der Waals surface area (Å²) >= 11 is 0. The summed E-state index contributed by atoms with van der Waals surface area (Å²) in [5.74, 6) is -0.453. The maximum atomic E-state index is 12.3. The molecule has 0 amide bonds. The number of alkyl halides is 3. The number of ketones is 1. The first-order valence-electron chi connectivity index (χ1n) is 5.55. The summed E-state index contributed by atoms with van der Waals surface area (Å²) in [6.07, 6.45) is -7.53. The number of Topliss-reactive ketones (excluding diaryl/α,β-unsaturated/α-hetero) is 1. The van der Waals surface area contributed by atoms with Crippen LogP contribution in [0.3, 0.4) is 0 Å². The quantitative estimate of drug-likeness (QED) is 0.774. The van der Waals surface area contributed by atoms with Crippen molar-refractivity contribution in [1.82, 2.24) is 0 Å². The Kier molecular flexibility index (Phi) is 4.51. The smallest absolute Gasteiger partial charge is 0.358 e. The van der Waals surface area contributed by atoms with Crippen molar-refractivity contribution in [3.05, 3.63) is 35.4 Å². The fourth-order valence-corrected chi connectivity index (χ4v) is 1.40. The zero-order valence-electron chi connectivity index (χ0n) is 10.4. The molecule has 1 rings (SSSR count). The minimum atomic E-state index is -4.46. The molecule has 0 aliphatic heterocycles. The van der Waals surface area contributed by atoms with Crippen LogP contribution >= 0.6 is 0 Å². The molecule has 2 unspecified atom stereocenters. The molecule has 0 heterocycles. The van der Waals surface area contributed by atoms with E-state index in [4.69, 9.17) is 0 Å². The van der Waals surface area contributed by atoms with Crippen molar-refractivity contribution in [3.8, 4) is 0 Å². The summed E-state index contributed by atoms with van der Waals surface area (Å²) in [5, 5.41) is 0. The van der Waals surface area contributed by atoms with Gasteiger partial charge < -0.3 is 4.74 Å². The number of halogens is 3. The van der Waals surface area contributed by atoms with E-state index in [0.717, 1.165) is 12.5 Å². The van der Waals surface area contributed by atoms with Gasteiger partial charge in [-0.05, 0) is 20.8 Å². The maximum Gasteiger partial charge on any atom is 0.414 e. The van der Waals surface area contributed by atoms with Gasteiger partial charge in [-0.1, -0.05) is 29.8 Å². The molecule has 0 aliphatic carbocycles. The molecule has 100 valence electrons. The summed E-state index contributed by atoms with van der Waals surface area (Å²) in [5.41, 5.74) is 1.33. The van der Waals surface area contributed by atoms with Gasteiger partial charge in [0.25, 0.3) is 0 Å². The highest BCUT2D eigenvalue weighted by molar-refractivity contribution is 5.99. The number of hydrogen-bond donors (Lipinski definition) is 0. The van der Waals surface area contributed by atoms with Gasteiger partial charge in [-0.2, -0.15) is 13.2 Å². The minimum Gasteiger partial charge on any atom is -0.358 e. The number of carbonyl (C=O) groups excluding carboxylic acids is 1. The molecule has 0 aromatic heterocycles. The zero-order valence-corrected chi connectivity index (χ0v) is 10.4. The van der Waals surface area contributed by atoms with Crippen molar-refractivity contribution < 1.29 is 22.7 Å². The number of carbonyl (C=O) groups is 1. The molecule has 0 fully saturated rings. The normalized spacial score (nSPS) is 15.2. The highest BCUT2D eigenvalue weighted by Gasteiger charge is 2.38. The summed E-state index contributed by atoms with van der Waals surface area (Å²) < 4.78 is 41.6. The van der Waals surface area contributed by atoms with E-state index in [1.165, 1.54) is 6.92 Å². The lowest BCUT2D eigenvalue weighted by atomic mass is 10.1. The second-order valence-corrected chi connectivity index (χ2v) is 4.19. The van der Waals surface area contributed by atoms with E-state index in [9.17, 15) is 18.0 Å². The number of ether oxygens (including phenoxy) is 1.